The standard InChI is InChI=1S/C29H29N3O7/c1-3-17-30-29(36)31-25(19-11-15-22(39-2)16-12-19)24(27(33)20-7-5-4-6-8-20)23(26(31)28(34)35)18-9-13-21(14-10-18)32(37)38/h4-16,23-26H,3,17H2,1-2H3,(H,30,36)(H,34,35). The second kappa shape index (κ2) is 11.8. The number of hydrogen-bond acceptors (Lipinski definition) is 6. The van der Waals surface area contributed by atoms with Crippen LogP contribution in [0.4, 0.5) is 10.5 Å². The molecule has 1 aliphatic rings. The number of urea groups is 1. The Morgan fingerprint density at radius 1 is 0.974 bits per heavy atom. The van der Waals surface area contributed by atoms with E-state index in [1.807, 2.05) is 6.92 Å². The van der Waals surface area contributed by atoms with Crippen LogP contribution in [0.3, 0.4) is 0 Å². The van der Waals surface area contributed by atoms with Gasteiger partial charge in [-0.15, -0.1) is 0 Å². The molecule has 4 rings (SSSR count). The van der Waals surface area contributed by atoms with Crippen molar-refractivity contribution >= 4 is 23.5 Å². The van der Waals surface area contributed by atoms with E-state index < -0.39 is 40.8 Å². The maximum atomic E-state index is 14.2. The second-order valence-corrected chi connectivity index (χ2v) is 9.27. The van der Waals surface area contributed by atoms with E-state index in [0.717, 1.165) is 0 Å². The van der Waals surface area contributed by atoms with E-state index in [1.54, 1.807) is 54.6 Å². The number of carboxylic acid groups (broad SMARTS) is 1. The number of benzene rings is 3. The minimum Gasteiger partial charge on any atom is -0.497 e. The largest absolute Gasteiger partial charge is 0.497 e. The van der Waals surface area contributed by atoms with Crippen LogP contribution in [0, 0.1) is 16.0 Å². The highest BCUT2D eigenvalue weighted by molar-refractivity contribution is 6.01. The zero-order valence-corrected chi connectivity index (χ0v) is 21.5. The van der Waals surface area contributed by atoms with Crippen LogP contribution in [0.1, 0.15) is 46.8 Å². The van der Waals surface area contributed by atoms with E-state index in [4.69, 9.17) is 4.74 Å². The molecule has 0 aliphatic carbocycles. The molecular formula is C29H29N3O7. The number of Topliss-reactive ketones (excluding diaryl/α,β-unsaturated/α-hetero) is 1. The van der Waals surface area contributed by atoms with Crippen LogP contribution >= 0.6 is 0 Å². The van der Waals surface area contributed by atoms with Crippen LogP contribution in [-0.4, -0.2) is 52.4 Å². The number of amides is 2. The maximum absolute atomic E-state index is 14.2. The first kappa shape index (κ1) is 27.3. The van der Waals surface area contributed by atoms with Crippen LogP contribution in [0.2, 0.25) is 0 Å². The second-order valence-electron chi connectivity index (χ2n) is 9.27. The Labute approximate surface area is 225 Å². The predicted octanol–water partition coefficient (Wildman–Crippen LogP) is 4.82. The van der Waals surface area contributed by atoms with Crippen molar-refractivity contribution in [2.45, 2.75) is 31.3 Å². The fourth-order valence-electron chi connectivity index (χ4n) is 5.24. The molecule has 4 atom stereocenters. The summed E-state index contributed by atoms with van der Waals surface area (Å²) in [6.07, 6.45) is 0.628. The topological polar surface area (TPSA) is 139 Å². The summed E-state index contributed by atoms with van der Waals surface area (Å²) in [5, 5.41) is 24.5. The third kappa shape index (κ3) is 5.45. The van der Waals surface area contributed by atoms with Gasteiger partial charge < -0.3 is 20.1 Å². The molecule has 1 fully saturated rings. The molecule has 4 unspecified atom stereocenters. The zero-order valence-electron chi connectivity index (χ0n) is 21.5. The average molecular weight is 532 g/mol. The van der Waals surface area contributed by atoms with Gasteiger partial charge >= 0.3 is 12.0 Å². The Morgan fingerprint density at radius 2 is 1.59 bits per heavy atom. The van der Waals surface area contributed by atoms with Gasteiger partial charge in [0.15, 0.2) is 5.78 Å². The molecule has 0 aromatic heterocycles. The molecule has 202 valence electrons. The minimum absolute atomic E-state index is 0.168. The van der Waals surface area contributed by atoms with Crippen LogP contribution < -0.4 is 10.1 Å². The van der Waals surface area contributed by atoms with Gasteiger partial charge in [0.25, 0.3) is 5.69 Å². The lowest BCUT2D eigenvalue weighted by Gasteiger charge is -2.30. The Bertz CT molecular complexity index is 1340. The van der Waals surface area contributed by atoms with Gasteiger partial charge in [-0.1, -0.05) is 61.5 Å². The molecule has 3 aromatic rings. The Morgan fingerprint density at radius 3 is 2.13 bits per heavy atom. The number of nitro groups is 1. The van der Waals surface area contributed by atoms with Gasteiger partial charge in [0, 0.05) is 30.2 Å². The molecule has 2 N–H and O–H groups in total. The van der Waals surface area contributed by atoms with Crippen LogP contribution in [0.5, 0.6) is 5.75 Å². The van der Waals surface area contributed by atoms with Gasteiger partial charge in [0.2, 0.25) is 0 Å². The summed E-state index contributed by atoms with van der Waals surface area (Å²) < 4.78 is 5.27. The number of carboxylic acids is 1. The van der Waals surface area contributed by atoms with E-state index in [2.05, 4.69) is 5.32 Å². The predicted molar refractivity (Wildman–Crippen MR) is 143 cm³/mol. The van der Waals surface area contributed by atoms with Gasteiger partial charge in [-0.05, 0) is 29.7 Å². The number of ketones is 1. The Balaban J connectivity index is 1.96. The monoisotopic (exact) mass is 531 g/mol. The molecular weight excluding hydrogens is 502 g/mol. The molecule has 3 aromatic carbocycles. The SMILES string of the molecule is CCCNC(=O)N1C(C(=O)O)C(c2ccc([N+](=O)[O-])cc2)C(C(=O)c2ccccc2)C1c1ccc(OC)cc1. The van der Waals surface area contributed by atoms with Crippen LogP contribution in [-0.2, 0) is 4.79 Å². The maximum Gasteiger partial charge on any atom is 0.327 e. The molecule has 10 nitrogen and oxygen atoms in total. The summed E-state index contributed by atoms with van der Waals surface area (Å²) in [6, 6.07) is 17.8. The summed E-state index contributed by atoms with van der Waals surface area (Å²) >= 11 is 0. The number of nitrogens with zero attached hydrogens (tertiary/aromatic N) is 2. The molecule has 0 bridgehead atoms. The number of hydrogen-bond donors (Lipinski definition) is 2. The molecule has 1 heterocycles. The zero-order chi connectivity index (χ0) is 28.1. The van der Waals surface area contributed by atoms with Crippen molar-refractivity contribution in [2.24, 2.45) is 5.92 Å². The number of likely N-dealkylation sites (tertiary alicyclic amines) is 1. The molecule has 0 saturated carbocycles. The van der Waals surface area contributed by atoms with Crippen molar-refractivity contribution in [2.75, 3.05) is 13.7 Å². The highest BCUT2D eigenvalue weighted by atomic mass is 16.6. The first-order valence-electron chi connectivity index (χ1n) is 12.5. The van der Waals surface area contributed by atoms with Crippen molar-refractivity contribution < 1.29 is 29.2 Å². The van der Waals surface area contributed by atoms with E-state index in [0.29, 0.717) is 35.4 Å². The third-order valence-corrected chi connectivity index (χ3v) is 6.99. The van der Waals surface area contributed by atoms with Crippen molar-refractivity contribution in [1.29, 1.82) is 0 Å². The quantitative estimate of drug-likeness (QED) is 0.229. The summed E-state index contributed by atoms with van der Waals surface area (Å²) in [7, 11) is 1.52. The molecule has 2 amide bonds. The summed E-state index contributed by atoms with van der Waals surface area (Å²) in [5.41, 5.74) is 1.17. The van der Waals surface area contributed by atoms with Crippen LogP contribution in [0.15, 0.2) is 78.9 Å². The number of aliphatic carboxylic acids is 1. The fraction of sp³-hybridized carbons (Fsp3) is 0.276. The summed E-state index contributed by atoms with van der Waals surface area (Å²) in [6.45, 7) is 2.19. The first-order chi connectivity index (χ1) is 18.8. The highest BCUT2D eigenvalue weighted by Crippen LogP contribution is 2.51. The molecule has 10 heteroatoms. The van der Waals surface area contributed by atoms with E-state index in [9.17, 15) is 29.6 Å². The van der Waals surface area contributed by atoms with Gasteiger partial charge in [-0.3, -0.25) is 14.9 Å². The Hall–Kier alpha value is -4.73. The van der Waals surface area contributed by atoms with Crippen LogP contribution in [0.25, 0.3) is 0 Å². The number of ether oxygens (including phenoxy) is 1. The third-order valence-electron chi connectivity index (χ3n) is 6.99. The number of carbonyl (C=O) groups is 3. The summed E-state index contributed by atoms with van der Waals surface area (Å²) in [4.78, 5) is 52.6. The van der Waals surface area contributed by atoms with Crippen molar-refractivity contribution in [3.05, 3.63) is 106 Å². The van der Waals surface area contributed by atoms with Gasteiger partial charge in [0.05, 0.1) is 24.0 Å². The van der Waals surface area contributed by atoms with Crippen molar-refractivity contribution in [1.82, 2.24) is 10.2 Å². The minimum atomic E-state index is -1.42. The lowest BCUT2D eigenvalue weighted by molar-refractivity contribution is -0.384. The number of non-ortho nitro benzene ring substituents is 1. The normalized spacial score (nSPS) is 20.3. The van der Waals surface area contributed by atoms with Gasteiger partial charge in [-0.25, -0.2) is 9.59 Å². The van der Waals surface area contributed by atoms with Crippen molar-refractivity contribution in [3.63, 3.8) is 0 Å². The molecule has 1 aliphatic heterocycles. The summed E-state index contributed by atoms with van der Waals surface area (Å²) in [5.74, 6) is -3.05. The molecule has 1 saturated heterocycles. The molecule has 0 radical (unpaired) electrons. The van der Waals surface area contributed by atoms with E-state index >= 15 is 0 Å². The number of rotatable bonds is 9. The molecule has 39 heavy (non-hydrogen) atoms. The highest BCUT2D eigenvalue weighted by Gasteiger charge is 2.57. The van der Waals surface area contributed by atoms with Gasteiger partial charge in [-0.2, -0.15) is 0 Å². The lowest BCUT2D eigenvalue weighted by Crippen LogP contribution is -2.48. The van der Waals surface area contributed by atoms with E-state index in [-0.39, 0.29) is 11.5 Å². The average Bonchev–Trinajstić information content (AvgIpc) is 3.32. The first-order valence-corrected chi connectivity index (χ1v) is 12.5. The Kier molecular flexibility index (Phi) is 8.24. The fourth-order valence-corrected chi connectivity index (χ4v) is 5.24. The van der Waals surface area contributed by atoms with Gasteiger partial charge in [0.1, 0.15) is 11.8 Å². The smallest absolute Gasteiger partial charge is 0.327 e. The number of methoxy groups -OCH3 is 1. The number of nitro benzene ring substituents is 1. The number of nitrogens with one attached hydrogen (secondary N) is 1. The lowest BCUT2D eigenvalue weighted by atomic mass is 9.76. The van der Waals surface area contributed by atoms with Crippen molar-refractivity contribution in [3.8, 4) is 5.75 Å². The molecule has 0 spiro atoms. The number of carbonyl (C=O) groups excluding carboxylic acids is 2. The van der Waals surface area contributed by atoms with E-state index in [1.165, 1.54) is 36.3 Å².